The number of alkyl halides is 2. The lowest BCUT2D eigenvalue weighted by molar-refractivity contribution is 0.0215. The molecule has 0 spiro atoms. The van der Waals surface area contributed by atoms with Gasteiger partial charge in [0.15, 0.2) is 0 Å². The van der Waals surface area contributed by atoms with Crippen LogP contribution < -0.4 is 11.1 Å². The van der Waals surface area contributed by atoms with E-state index in [-0.39, 0.29) is 11.6 Å². The van der Waals surface area contributed by atoms with Gasteiger partial charge < -0.3 is 15.8 Å². The number of anilines is 1. The molecule has 0 radical (unpaired) electrons. The number of para-hydroxylation sites is 1. The first-order chi connectivity index (χ1) is 10.1. The highest BCUT2D eigenvalue weighted by atomic mass is 32.1. The number of ether oxygens (including phenoxy) is 1. The van der Waals surface area contributed by atoms with Crippen LogP contribution in [0.25, 0.3) is 10.9 Å². The van der Waals surface area contributed by atoms with Crippen LogP contribution in [0.5, 0.6) is 0 Å². The Morgan fingerprint density at radius 2 is 2.14 bits per heavy atom. The van der Waals surface area contributed by atoms with Crippen LogP contribution >= 0.6 is 12.2 Å². The largest absolute Gasteiger partial charge is 0.389 e. The highest BCUT2D eigenvalue weighted by Crippen LogP contribution is 2.20. The third-order valence-electron chi connectivity index (χ3n) is 2.78. The fraction of sp³-hybridized carbons (Fsp3) is 0.286. The van der Waals surface area contributed by atoms with Crippen LogP contribution in [0.1, 0.15) is 5.56 Å². The third kappa shape index (κ3) is 4.30. The van der Waals surface area contributed by atoms with Crippen molar-refractivity contribution in [2.75, 3.05) is 25.1 Å². The average molecular weight is 311 g/mol. The number of nitrogens with zero attached hydrogens (tertiary/aromatic N) is 1. The molecule has 0 saturated heterocycles. The van der Waals surface area contributed by atoms with E-state index in [2.05, 4.69) is 10.3 Å². The van der Waals surface area contributed by atoms with Crippen molar-refractivity contribution in [3.05, 3.63) is 35.9 Å². The molecular formula is C14H15F2N3OS. The topological polar surface area (TPSA) is 60.2 Å². The lowest BCUT2D eigenvalue weighted by Crippen LogP contribution is -2.15. The highest BCUT2D eigenvalue weighted by molar-refractivity contribution is 7.80. The molecule has 0 fully saturated rings. The minimum atomic E-state index is -2.45. The number of halogens is 2. The number of fused-ring (bicyclic) bond motifs is 1. The van der Waals surface area contributed by atoms with Gasteiger partial charge in [0, 0.05) is 17.5 Å². The molecule has 1 heterocycles. The molecule has 0 aliphatic carbocycles. The van der Waals surface area contributed by atoms with E-state index in [1.165, 1.54) is 0 Å². The van der Waals surface area contributed by atoms with Gasteiger partial charge in [-0.3, -0.25) is 0 Å². The second-order valence-corrected chi connectivity index (χ2v) is 4.77. The fourth-order valence-electron chi connectivity index (χ4n) is 1.89. The normalized spacial score (nSPS) is 11.0. The van der Waals surface area contributed by atoms with Gasteiger partial charge in [-0.05, 0) is 12.1 Å². The van der Waals surface area contributed by atoms with E-state index in [0.29, 0.717) is 12.4 Å². The second-order valence-electron chi connectivity index (χ2n) is 4.33. The summed E-state index contributed by atoms with van der Waals surface area (Å²) >= 11 is 5.05. The summed E-state index contributed by atoms with van der Waals surface area (Å²) in [7, 11) is 0. The molecule has 112 valence electrons. The summed E-state index contributed by atoms with van der Waals surface area (Å²) in [5, 5.41) is 3.89. The van der Waals surface area contributed by atoms with Gasteiger partial charge in [-0.2, -0.15) is 0 Å². The van der Waals surface area contributed by atoms with E-state index in [1.807, 2.05) is 24.3 Å². The molecule has 0 unspecified atom stereocenters. The summed E-state index contributed by atoms with van der Waals surface area (Å²) in [4.78, 5) is 4.70. The molecule has 0 aliphatic rings. The Morgan fingerprint density at radius 1 is 1.38 bits per heavy atom. The first-order valence-electron chi connectivity index (χ1n) is 6.37. The summed E-state index contributed by atoms with van der Waals surface area (Å²) in [5.41, 5.74) is 7.22. The highest BCUT2D eigenvalue weighted by Gasteiger charge is 2.07. The van der Waals surface area contributed by atoms with Crippen LogP contribution in [0.15, 0.2) is 30.3 Å². The number of rotatable bonds is 7. The Bertz CT molecular complexity index is 637. The van der Waals surface area contributed by atoms with E-state index >= 15 is 0 Å². The van der Waals surface area contributed by atoms with Crippen molar-refractivity contribution in [3.63, 3.8) is 0 Å². The average Bonchev–Trinajstić information content (AvgIpc) is 2.45. The number of nitrogens with two attached hydrogens (primary N) is 1. The zero-order valence-electron chi connectivity index (χ0n) is 11.2. The van der Waals surface area contributed by atoms with Crippen LogP contribution in [-0.2, 0) is 4.74 Å². The molecule has 1 aromatic heterocycles. The van der Waals surface area contributed by atoms with Gasteiger partial charge in [0.05, 0.1) is 12.1 Å². The number of hydrogen-bond donors (Lipinski definition) is 2. The minimum Gasteiger partial charge on any atom is -0.389 e. The van der Waals surface area contributed by atoms with Crippen molar-refractivity contribution >= 4 is 33.9 Å². The molecule has 2 aromatic rings. The van der Waals surface area contributed by atoms with Crippen LogP contribution in [0, 0.1) is 0 Å². The van der Waals surface area contributed by atoms with Gasteiger partial charge >= 0.3 is 0 Å². The van der Waals surface area contributed by atoms with E-state index in [9.17, 15) is 8.78 Å². The monoisotopic (exact) mass is 311 g/mol. The molecule has 0 aliphatic heterocycles. The lowest BCUT2D eigenvalue weighted by Gasteiger charge is -2.10. The smallest absolute Gasteiger partial charge is 0.261 e. The first kappa shape index (κ1) is 15.5. The van der Waals surface area contributed by atoms with Crippen molar-refractivity contribution in [2.45, 2.75) is 6.43 Å². The van der Waals surface area contributed by atoms with E-state index in [4.69, 9.17) is 22.7 Å². The number of aromatic nitrogens is 1. The first-order valence-corrected chi connectivity index (χ1v) is 6.78. The molecule has 7 heteroatoms. The maximum atomic E-state index is 11.9. The maximum Gasteiger partial charge on any atom is 0.261 e. The summed E-state index contributed by atoms with van der Waals surface area (Å²) in [6.45, 7) is -0.0267. The second kappa shape index (κ2) is 7.24. The lowest BCUT2D eigenvalue weighted by atomic mass is 10.1. The van der Waals surface area contributed by atoms with Crippen molar-refractivity contribution in [1.29, 1.82) is 0 Å². The Hall–Kier alpha value is -1.86. The SMILES string of the molecule is NC(=S)c1cc(NCCOCC(F)F)nc2ccccc12. The summed E-state index contributed by atoms with van der Waals surface area (Å²) in [6.07, 6.45) is -2.45. The predicted octanol–water partition coefficient (Wildman–Crippen LogP) is 2.56. The zero-order chi connectivity index (χ0) is 15.2. The fourth-order valence-corrected chi connectivity index (χ4v) is 2.06. The minimum absolute atomic E-state index is 0.168. The number of pyridine rings is 1. The van der Waals surface area contributed by atoms with Gasteiger partial charge in [0.2, 0.25) is 0 Å². The van der Waals surface area contributed by atoms with Gasteiger partial charge in [-0.1, -0.05) is 30.4 Å². The van der Waals surface area contributed by atoms with Crippen LogP contribution in [0.4, 0.5) is 14.6 Å². The summed E-state index contributed by atoms with van der Waals surface area (Å²) in [6, 6.07) is 9.25. The van der Waals surface area contributed by atoms with Crippen LogP contribution in [0.2, 0.25) is 0 Å². The quantitative estimate of drug-likeness (QED) is 0.608. The molecule has 3 N–H and O–H groups in total. The van der Waals surface area contributed by atoms with Gasteiger partial charge in [0.25, 0.3) is 6.43 Å². The van der Waals surface area contributed by atoms with Gasteiger partial charge in [-0.25, -0.2) is 13.8 Å². The molecule has 0 amide bonds. The molecule has 21 heavy (non-hydrogen) atoms. The summed E-state index contributed by atoms with van der Waals surface area (Å²) < 4.78 is 28.6. The van der Waals surface area contributed by atoms with Crippen LogP contribution in [0.3, 0.4) is 0 Å². The van der Waals surface area contributed by atoms with Gasteiger partial charge in [0.1, 0.15) is 17.4 Å². The third-order valence-corrected chi connectivity index (χ3v) is 3.00. The van der Waals surface area contributed by atoms with E-state index in [1.54, 1.807) is 6.07 Å². The number of nitrogens with one attached hydrogen (secondary N) is 1. The van der Waals surface area contributed by atoms with Crippen LogP contribution in [-0.4, -0.2) is 36.2 Å². The standard InChI is InChI=1S/C14H15F2N3OS/c15-12(16)8-20-6-5-18-13-7-10(14(17)21)9-3-1-2-4-11(9)19-13/h1-4,7,12H,5-6,8H2,(H2,17,21)(H,18,19). The molecule has 0 bridgehead atoms. The van der Waals surface area contributed by atoms with E-state index < -0.39 is 13.0 Å². The van der Waals surface area contributed by atoms with Crippen molar-refractivity contribution in [3.8, 4) is 0 Å². The number of benzene rings is 1. The maximum absolute atomic E-state index is 11.9. The number of thiocarbonyl (C=S) groups is 1. The molecule has 0 atom stereocenters. The Morgan fingerprint density at radius 3 is 2.86 bits per heavy atom. The van der Waals surface area contributed by atoms with Crippen molar-refractivity contribution in [1.82, 2.24) is 4.98 Å². The molecular weight excluding hydrogens is 296 g/mol. The number of hydrogen-bond acceptors (Lipinski definition) is 4. The summed E-state index contributed by atoms with van der Waals surface area (Å²) in [5.74, 6) is 0.581. The molecule has 1 aromatic carbocycles. The molecule has 0 saturated carbocycles. The van der Waals surface area contributed by atoms with Gasteiger partial charge in [-0.15, -0.1) is 0 Å². The Balaban J connectivity index is 2.08. The molecule has 2 rings (SSSR count). The Labute approximate surface area is 126 Å². The predicted molar refractivity (Wildman–Crippen MR) is 82.9 cm³/mol. The van der Waals surface area contributed by atoms with E-state index in [0.717, 1.165) is 16.5 Å². The Kier molecular flexibility index (Phi) is 5.35. The van der Waals surface area contributed by atoms with Crippen molar-refractivity contribution in [2.24, 2.45) is 5.73 Å². The molecule has 4 nitrogen and oxygen atoms in total. The zero-order valence-corrected chi connectivity index (χ0v) is 12.0. The van der Waals surface area contributed by atoms with Crippen molar-refractivity contribution < 1.29 is 13.5 Å².